The highest BCUT2D eigenvalue weighted by atomic mass is 32.2. The van der Waals surface area contributed by atoms with Crippen LogP contribution in [0.15, 0.2) is 29.2 Å². The summed E-state index contributed by atoms with van der Waals surface area (Å²) >= 11 is 0. The highest BCUT2D eigenvalue weighted by Gasteiger charge is 2.42. The third kappa shape index (κ3) is 3.41. The lowest BCUT2D eigenvalue weighted by molar-refractivity contribution is -0.141. The highest BCUT2D eigenvalue weighted by molar-refractivity contribution is 7.90. The molecule has 0 radical (unpaired) electrons. The number of aryl methyl sites for hydroxylation is 1. The van der Waals surface area contributed by atoms with Gasteiger partial charge in [-0.15, -0.1) is 0 Å². The number of primary amides is 1. The first kappa shape index (κ1) is 17.2. The molecule has 0 aliphatic carbocycles. The molecule has 0 saturated carbocycles. The third-order valence-electron chi connectivity index (χ3n) is 3.67. The topological polar surface area (TPSA) is 106 Å². The second kappa shape index (κ2) is 6.26. The van der Waals surface area contributed by atoms with E-state index in [9.17, 15) is 18.0 Å². The van der Waals surface area contributed by atoms with Gasteiger partial charge >= 0.3 is 0 Å². The molecule has 0 aliphatic rings. The average Bonchev–Trinajstić information content (AvgIpc) is 2.40. The van der Waals surface area contributed by atoms with Gasteiger partial charge in [-0.25, -0.2) is 13.1 Å². The van der Waals surface area contributed by atoms with E-state index in [1.165, 1.54) is 12.1 Å². The molecule has 1 aromatic carbocycles. The van der Waals surface area contributed by atoms with Crippen molar-refractivity contribution in [3.05, 3.63) is 29.8 Å². The Hall–Kier alpha value is -1.89. The van der Waals surface area contributed by atoms with E-state index in [-0.39, 0.29) is 17.7 Å². The summed E-state index contributed by atoms with van der Waals surface area (Å²) in [5, 5.41) is 0. The van der Waals surface area contributed by atoms with Crippen LogP contribution in [0.4, 0.5) is 0 Å². The number of sulfonamides is 1. The first-order valence-corrected chi connectivity index (χ1v) is 8.11. The van der Waals surface area contributed by atoms with Crippen molar-refractivity contribution in [3.8, 4) is 0 Å². The van der Waals surface area contributed by atoms with Crippen LogP contribution in [0.5, 0.6) is 0 Å². The van der Waals surface area contributed by atoms with E-state index < -0.39 is 27.3 Å². The maximum Gasteiger partial charge on any atom is 0.264 e. The summed E-state index contributed by atoms with van der Waals surface area (Å²) < 4.78 is 26.3. The number of benzene rings is 1. The first-order chi connectivity index (χ1) is 9.69. The minimum Gasteiger partial charge on any atom is -0.369 e. The van der Waals surface area contributed by atoms with Crippen molar-refractivity contribution in [1.29, 1.82) is 0 Å². The Morgan fingerprint density at radius 1 is 1.14 bits per heavy atom. The summed E-state index contributed by atoms with van der Waals surface area (Å²) in [5.74, 6) is -1.72. The van der Waals surface area contributed by atoms with Crippen molar-refractivity contribution in [1.82, 2.24) is 4.72 Å². The Bertz CT molecular complexity index is 631. The summed E-state index contributed by atoms with van der Waals surface area (Å²) in [5.41, 5.74) is 4.66. The minimum atomic E-state index is -4.02. The molecule has 21 heavy (non-hydrogen) atoms. The average molecular weight is 312 g/mol. The lowest BCUT2D eigenvalue weighted by Crippen LogP contribution is -2.50. The van der Waals surface area contributed by atoms with Crippen LogP contribution < -0.4 is 10.5 Å². The molecule has 0 aromatic heterocycles. The number of nitrogens with one attached hydrogen (secondary N) is 1. The van der Waals surface area contributed by atoms with Gasteiger partial charge in [-0.05, 0) is 31.9 Å². The zero-order valence-corrected chi connectivity index (χ0v) is 13.2. The molecule has 0 heterocycles. The van der Waals surface area contributed by atoms with Crippen molar-refractivity contribution >= 4 is 21.8 Å². The smallest absolute Gasteiger partial charge is 0.264 e. The monoisotopic (exact) mass is 312 g/mol. The fraction of sp³-hybridized carbons (Fsp3) is 0.429. The Labute approximate surface area is 124 Å². The van der Waals surface area contributed by atoms with Crippen LogP contribution in [0, 0.1) is 12.3 Å². The summed E-state index contributed by atoms with van der Waals surface area (Å²) in [6.07, 6.45) is 0.266. The number of rotatable bonds is 6. The van der Waals surface area contributed by atoms with Gasteiger partial charge < -0.3 is 5.73 Å². The van der Waals surface area contributed by atoms with Gasteiger partial charge in [0, 0.05) is 0 Å². The second-order valence-corrected chi connectivity index (χ2v) is 6.58. The maximum absolute atomic E-state index is 12.2. The van der Waals surface area contributed by atoms with Gasteiger partial charge in [0.1, 0.15) is 5.41 Å². The van der Waals surface area contributed by atoms with Crippen molar-refractivity contribution < 1.29 is 18.0 Å². The molecule has 0 saturated heterocycles. The standard InChI is InChI=1S/C14H20N2O4S/c1-4-14(5-2,12(15)17)13(18)16-21(19,20)11-8-6-10(3)7-9-11/h6-9H,4-5H2,1-3H3,(H2,15,17)(H,16,18). The number of carbonyl (C=O) groups is 2. The van der Waals surface area contributed by atoms with Gasteiger partial charge in [0.2, 0.25) is 11.8 Å². The Kier molecular flexibility index (Phi) is 5.11. The van der Waals surface area contributed by atoms with E-state index >= 15 is 0 Å². The second-order valence-electron chi connectivity index (χ2n) is 4.90. The quantitative estimate of drug-likeness (QED) is 0.767. The van der Waals surface area contributed by atoms with Crippen LogP contribution >= 0.6 is 0 Å². The van der Waals surface area contributed by atoms with Gasteiger partial charge in [0.15, 0.2) is 0 Å². The molecular weight excluding hydrogens is 292 g/mol. The highest BCUT2D eigenvalue weighted by Crippen LogP contribution is 2.27. The zero-order valence-electron chi connectivity index (χ0n) is 12.3. The first-order valence-electron chi connectivity index (χ1n) is 6.63. The lowest BCUT2D eigenvalue weighted by Gasteiger charge is -2.26. The van der Waals surface area contributed by atoms with Crippen LogP contribution in [0.3, 0.4) is 0 Å². The molecule has 1 aromatic rings. The van der Waals surface area contributed by atoms with Gasteiger partial charge in [-0.2, -0.15) is 0 Å². The minimum absolute atomic E-state index is 0.0352. The lowest BCUT2D eigenvalue weighted by atomic mass is 9.81. The van der Waals surface area contributed by atoms with Crippen molar-refractivity contribution in [2.24, 2.45) is 11.1 Å². The Balaban J connectivity index is 3.11. The molecule has 0 bridgehead atoms. The fourth-order valence-electron chi connectivity index (χ4n) is 2.03. The van der Waals surface area contributed by atoms with Crippen LogP contribution in [0.1, 0.15) is 32.3 Å². The van der Waals surface area contributed by atoms with E-state index in [0.717, 1.165) is 5.56 Å². The van der Waals surface area contributed by atoms with Crippen molar-refractivity contribution in [2.45, 2.75) is 38.5 Å². The molecule has 0 aliphatic heterocycles. The van der Waals surface area contributed by atoms with E-state index in [1.54, 1.807) is 26.0 Å². The zero-order chi connectivity index (χ0) is 16.3. The third-order valence-corrected chi connectivity index (χ3v) is 5.02. The largest absolute Gasteiger partial charge is 0.369 e. The molecule has 2 amide bonds. The van der Waals surface area contributed by atoms with E-state index in [1.807, 2.05) is 11.6 Å². The number of carbonyl (C=O) groups excluding carboxylic acids is 2. The molecule has 3 N–H and O–H groups in total. The van der Waals surface area contributed by atoms with Crippen molar-refractivity contribution in [3.63, 3.8) is 0 Å². The number of nitrogens with two attached hydrogens (primary N) is 1. The van der Waals surface area contributed by atoms with Gasteiger partial charge in [0.25, 0.3) is 10.0 Å². The molecule has 1 rings (SSSR count). The van der Waals surface area contributed by atoms with E-state index in [4.69, 9.17) is 5.73 Å². The summed E-state index contributed by atoms with van der Waals surface area (Å²) in [7, 11) is -4.02. The molecule has 7 heteroatoms. The number of hydrogen-bond acceptors (Lipinski definition) is 4. The maximum atomic E-state index is 12.2. The van der Waals surface area contributed by atoms with Gasteiger partial charge in [-0.1, -0.05) is 31.5 Å². The summed E-state index contributed by atoms with van der Waals surface area (Å²) in [4.78, 5) is 23.8. The summed E-state index contributed by atoms with van der Waals surface area (Å²) in [6.45, 7) is 5.06. The van der Waals surface area contributed by atoms with Crippen LogP contribution in [-0.4, -0.2) is 20.2 Å². The molecule has 0 spiro atoms. The Morgan fingerprint density at radius 2 is 1.62 bits per heavy atom. The molecular formula is C14H20N2O4S. The predicted octanol–water partition coefficient (Wildman–Crippen LogP) is 1.09. The van der Waals surface area contributed by atoms with Crippen LogP contribution in [0.2, 0.25) is 0 Å². The van der Waals surface area contributed by atoms with Crippen LogP contribution in [0.25, 0.3) is 0 Å². The normalized spacial score (nSPS) is 12.0. The summed E-state index contributed by atoms with van der Waals surface area (Å²) in [6, 6.07) is 6.05. The van der Waals surface area contributed by atoms with Crippen molar-refractivity contribution in [2.75, 3.05) is 0 Å². The SMILES string of the molecule is CCC(CC)(C(N)=O)C(=O)NS(=O)(=O)c1ccc(C)cc1. The fourth-order valence-corrected chi connectivity index (χ4v) is 3.08. The predicted molar refractivity (Wildman–Crippen MR) is 78.7 cm³/mol. The van der Waals surface area contributed by atoms with E-state index in [2.05, 4.69) is 0 Å². The number of hydrogen-bond donors (Lipinski definition) is 2. The number of amides is 2. The van der Waals surface area contributed by atoms with Gasteiger partial charge in [0.05, 0.1) is 4.90 Å². The molecule has 0 unspecified atom stereocenters. The van der Waals surface area contributed by atoms with Crippen LogP contribution in [-0.2, 0) is 19.6 Å². The molecule has 116 valence electrons. The Morgan fingerprint density at radius 3 is 2.00 bits per heavy atom. The molecule has 0 atom stereocenters. The molecule has 6 nitrogen and oxygen atoms in total. The van der Waals surface area contributed by atoms with E-state index in [0.29, 0.717) is 0 Å². The molecule has 0 fully saturated rings. The van der Waals surface area contributed by atoms with Gasteiger partial charge in [-0.3, -0.25) is 9.59 Å².